The molecular weight excluding hydrogens is 701 g/mol. The van der Waals surface area contributed by atoms with Crippen LogP contribution in [-0.2, 0) is 0 Å². The fourth-order valence-corrected chi connectivity index (χ4v) is 7.51. The third-order valence-electron chi connectivity index (χ3n) is 10.1. The largest absolute Gasteiger partial charge is 0.456 e. The van der Waals surface area contributed by atoms with Gasteiger partial charge >= 0.3 is 0 Å². The third-order valence-corrected chi connectivity index (χ3v) is 10.1. The van der Waals surface area contributed by atoms with Crippen LogP contribution in [0.25, 0.3) is 117 Å². The van der Waals surface area contributed by atoms with Gasteiger partial charge in [-0.25, -0.2) is 4.98 Å². The lowest BCUT2D eigenvalue weighted by Gasteiger charge is -2.11. The topological polar surface area (TPSA) is 69.9 Å². The predicted molar refractivity (Wildman–Crippen MR) is 230 cm³/mol. The Morgan fingerprint density at radius 2 is 1.14 bits per heavy atom. The van der Waals surface area contributed by atoms with E-state index in [1.54, 1.807) is 91.0 Å². The Morgan fingerprint density at radius 1 is 0.421 bits per heavy atom. The molecule has 4 heterocycles. The Hall–Kier alpha value is -7.83. The molecule has 57 heavy (non-hydrogen) atoms. The number of fused-ring (bicyclic) bond motifs is 9. The van der Waals surface area contributed by atoms with E-state index in [2.05, 4.69) is 0 Å². The first-order valence-corrected chi connectivity index (χ1v) is 18.0. The van der Waals surface area contributed by atoms with Crippen LogP contribution in [0.4, 0.5) is 0 Å². The van der Waals surface area contributed by atoms with E-state index in [-0.39, 0.29) is 109 Å². The van der Waals surface area contributed by atoms with Gasteiger partial charge in [0, 0.05) is 43.4 Å². The maximum absolute atomic E-state index is 9.99. The molecule has 0 unspecified atom stereocenters. The van der Waals surface area contributed by atoms with E-state index >= 15 is 0 Å². The summed E-state index contributed by atoms with van der Waals surface area (Å²) in [5, 5.41) is 1.55. The molecule has 12 rings (SSSR count). The number of hydrogen-bond donors (Lipinski definition) is 0. The highest BCUT2D eigenvalue weighted by Gasteiger charge is 2.21. The van der Waals surface area contributed by atoms with Crippen molar-refractivity contribution < 1.29 is 26.7 Å². The van der Waals surface area contributed by atoms with Crippen LogP contribution >= 0.6 is 0 Å². The molecule has 0 amide bonds. The van der Waals surface area contributed by atoms with Crippen molar-refractivity contribution in [3.8, 4) is 51.0 Å². The molecule has 0 N–H and O–H groups in total. The van der Waals surface area contributed by atoms with E-state index < -0.39 is 42.3 Å². The van der Waals surface area contributed by atoms with Crippen molar-refractivity contribution in [3.63, 3.8) is 0 Å². The summed E-state index contributed by atoms with van der Waals surface area (Å²) < 4.78 is 130. The lowest BCUT2D eigenvalue weighted by atomic mass is 9.99. The van der Waals surface area contributed by atoms with E-state index in [9.17, 15) is 5.48 Å². The maximum Gasteiger partial charge on any atom is 0.238 e. The van der Waals surface area contributed by atoms with Crippen LogP contribution in [0.15, 0.2) is 191 Å². The first-order valence-electron chi connectivity index (χ1n) is 24.5. The molecule has 6 nitrogen and oxygen atoms in total. The number of rotatable bonds is 5. The van der Waals surface area contributed by atoms with E-state index in [0.29, 0.717) is 44.2 Å². The van der Waals surface area contributed by atoms with Crippen LogP contribution in [0.1, 0.15) is 17.8 Å². The summed E-state index contributed by atoms with van der Waals surface area (Å²) in [6.45, 7) is 0. The van der Waals surface area contributed by atoms with Gasteiger partial charge in [0.25, 0.3) is 0 Å². The second kappa shape index (κ2) is 12.3. The highest BCUT2D eigenvalue weighted by atomic mass is 16.3. The van der Waals surface area contributed by atoms with Crippen LogP contribution in [-0.4, -0.2) is 19.5 Å². The molecule has 266 valence electrons. The van der Waals surface area contributed by atoms with Crippen molar-refractivity contribution in [1.82, 2.24) is 19.5 Å². The summed E-state index contributed by atoms with van der Waals surface area (Å²) in [5.74, 6) is 0.166. The molecule has 0 saturated carbocycles. The summed E-state index contributed by atoms with van der Waals surface area (Å²) in [6, 6.07) is 24.6. The highest BCUT2D eigenvalue weighted by Crippen LogP contribution is 2.41. The van der Waals surface area contributed by atoms with E-state index in [1.807, 2.05) is 6.07 Å². The number of para-hydroxylation sites is 1. The number of furan rings is 2. The van der Waals surface area contributed by atoms with Gasteiger partial charge in [-0.2, -0.15) is 9.97 Å². The van der Waals surface area contributed by atoms with Gasteiger partial charge in [0.15, 0.2) is 11.6 Å². The number of benzene rings is 8. The zero-order chi connectivity index (χ0) is 48.8. The summed E-state index contributed by atoms with van der Waals surface area (Å²) in [7, 11) is 0. The smallest absolute Gasteiger partial charge is 0.238 e. The molecule has 0 aliphatic heterocycles. The second-order valence-electron chi connectivity index (χ2n) is 13.4. The average Bonchev–Trinajstić information content (AvgIpc) is 4.07. The van der Waals surface area contributed by atoms with E-state index in [0.717, 1.165) is 0 Å². The van der Waals surface area contributed by atoms with Crippen molar-refractivity contribution in [2.75, 3.05) is 0 Å². The van der Waals surface area contributed by atoms with Crippen molar-refractivity contribution in [2.45, 2.75) is 0 Å². The minimum Gasteiger partial charge on any atom is -0.456 e. The van der Waals surface area contributed by atoms with Crippen molar-refractivity contribution in [1.29, 1.82) is 0 Å². The van der Waals surface area contributed by atoms with Gasteiger partial charge < -0.3 is 8.83 Å². The highest BCUT2D eigenvalue weighted by molar-refractivity contribution is 6.17. The molecule has 0 atom stereocenters. The molecule has 0 fully saturated rings. The molecule has 8 aromatic carbocycles. The minimum absolute atomic E-state index is 0.0217. The van der Waals surface area contributed by atoms with Crippen LogP contribution in [0.2, 0.25) is 0 Å². The maximum atomic E-state index is 9.99. The molecule has 12 aromatic rings. The minimum atomic E-state index is -0.541. The lowest BCUT2D eigenvalue weighted by Crippen LogP contribution is -2.06. The van der Waals surface area contributed by atoms with Gasteiger partial charge in [0.05, 0.1) is 28.9 Å². The van der Waals surface area contributed by atoms with Crippen molar-refractivity contribution in [2.24, 2.45) is 0 Å². The fraction of sp³-hybridized carbons (Fsp3) is 0. The van der Waals surface area contributed by atoms with Gasteiger partial charge in [0.2, 0.25) is 5.95 Å². The number of aromatic nitrogens is 4. The predicted octanol–water partition coefficient (Wildman–Crippen LogP) is 13.4. The molecule has 4 aromatic heterocycles. The van der Waals surface area contributed by atoms with Gasteiger partial charge in [-0.05, 0) is 70.7 Å². The molecule has 0 aliphatic rings. The summed E-state index contributed by atoms with van der Waals surface area (Å²) >= 11 is 0. The van der Waals surface area contributed by atoms with E-state index in [4.69, 9.17) is 36.1 Å². The molecule has 6 heteroatoms. The number of nitrogens with zero attached hydrogens (tertiary/aromatic N) is 4. The second-order valence-corrected chi connectivity index (χ2v) is 13.4. The summed E-state index contributed by atoms with van der Waals surface area (Å²) in [5.41, 5.74) is 2.84. The Kier molecular flexibility index (Phi) is 4.62. The lowest BCUT2D eigenvalue weighted by molar-refractivity contribution is 0.669. The normalized spacial score (nSPS) is 15.1. The van der Waals surface area contributed by atoms with Gasteiger partial charge in [-0.15, -0.1) is 0 Å². The van der Waals surface area contributed by atoms with Gasteiger partial charge in [-0.1, -0.05) is 133 Å². The third kappa shape index (κ3) is 5.01. The quantitative estimate of drug-likeness (QED) is 0.176. The van der Waals surface area contributed by atoms with Crippen molar-refractivity contribution in [3.05, 3.63) is 182 Å². The monoisotopic (exact) mass is 743 g/mol. The molecule has 0 radical (unpaired) electrons. The average molecular weight is 744 g/mol. The summed E-state index contributed by atoms with van der Waals surface area (Å²) in [6.07, 6.45) is 0. The van der Waals surface area contributed by atoms with Gasteiger partial charge in [0.1, 0.15) is 22.3 Å². The standard InChI is InChI=1S/C51H30N4O2/c1-4-13-31(14-5-1)34-24-26-44-40(27-34)41-29-43-39(30-47(41)56-44)37-19-10-11-21-42(37)55(43)51-53-49(33-17-8-3-9-18-33)52-50(54-51)35-23-25-38-46(28-35)57-45-22-12-20-36(48(38)45)32-15-6-2-7-16-32/h1-30H/i2D,6D,7D,10D,11D,15D,16D,19D,21D,24D,26D,27D,29D. The van der Waals surface area contributed by atoms with Crippen LogP contribution in [0, 0.1) is 0 Å². The van der Waals surface area contributed by atoms with Crippen LogP contribution in [0.5, 0.6) is 0 Å². The summed E-state index contributed by atoms with van der Waals surface area (Å²) in [4.78, 5) is 14.8. The Morgan fingerprint density at radius 3 is 1.98 bits per heavy atom. The molecule has 0 aliphatic carbocycles. The van der Waals surface area contributed by atoms with Crippen LogP contribution < -0.4 is 0 Å². The zero-order valence-electron chi connectivity index (χ0n) is 42.4. The number of hydrogen-bond acceptors (Lipinski definition) is 5. The molecule has 0 saturated heterocycles. The SMILES string of the molecule is [2H]c1c([2H])c([2H])c(-c2cccc3oc4cc(-c5nc(-c6ccccc6)nc(-n6c7c([2H])c8c(cc7c7c([2H])c([2H])c([2H])c([2H])c76)oc6c([2H])c([2H])c(-c7ccccc7)c([2H])c68)n5)ccc4c23)c([2H])c1[2H]. The molecule has 0 spiro atoms. The Bertz CT molecular complexity index is 4260. The van der Waals surface area contributed by atoms with Gasteiger partial charge in [-0.3, -0.25) is 4.57 Å². The fourth-order valence-electron chi connectivity index (χ4n) is 7.51. The first kappa shape index (κ1) is 21.3. The van der Waals surface area contributed by atoms with Crippen LogP contribution in [0.3, 0.4) is 0 Å². The Labute approximate surface area is 344 Å². The molecular formula is C51H30N4O2. The first-order chi connectivity index (χ1) is 33.7. The Balaban J connectivity index is 1.16. The van der Waals surface area contributed by atoms with E-state index in [1.165, 1.54) is 10.6 Å². The zero-order valence-corrected chi connectivity index (χ0v) is 29.4. The van der Waals surface area contributed by atoms with Crippen molar-refractivity contribution >= 4 is 65.7 Å². The molecule has 0 bridgehead atoms.